The predicted octanol–water partition coefficient (Wildman–Crippen LogP) is 4.52. The van der Waals surface area contributed by atoms with E-state index in [0.29, 0.717) is 35.2 Å². The van der Waals surface area contributed by atoms with Crippen molar-refractivity contribution in [3.8, 4) is 5.75 Å². The molecule has 1 heterocycles. The second-order valence-electron chi connectivity index (χ2n) is 5.75. The fourth-order valence-electron chi connectivity index (χ4n) is 2.35. The lowest BCUT2D eigenvalue weighted by Gasteiger charge is -2.12. The van der Waals surface area contributed by atoms with E-state index in [0.717, 1.165) is 11.4 Å². The zero-order valence-corrected chi connectivity index (χ0v) is 15.0. The molecule has 0 aliphatic rings. The van der Waals surface area contributed by atoms with Crippen LogP contribution in [0.4, 0.5) is 0 Å². The van der Waals surface area contributed by atoms with E-state index < -0.39 is 0 Å². The Kier molecular flexibility index (Phi) is 6.08. The molecule has 0 atom stereocenters. The van der Waals surface area contributed by atoms with Gasteiger partial charge >= 0.3 is 0 Å². The lowest BCUT2D eigenvalue weighted by Crippen LogP contribution is -2.11. The lowest BCUT2D eigenvalue weighted by molar-refractivity contribution is -0.116. The molecule has 0 unspecified atom stereocenters. The van der Waals surface area contributed by atoms with Crippen molar-refractivity contribution in [2.45, 2.75) is 39.7 Å². The van der Waals surface area contributed by atoms with Crippen LogP contribution in [0.1, 0.15) is 38.2 Å². The monoisotopic (exact) mass is 354 g/mol. The van der Waals surface area contributed by atoms with Gasteiger partial charge in [0.25, 0.3) is 0 Å². The maximum atomic E-state index is 11.3. The summed E-state index contributed by atoms with van der Waals surface area (Å²) in [6.07, 6.45) is 1.05. The van der Waals surface area contributed by atoms with Crippen LogP contribution in [0, 0.1) is 0 Å². The number of rotatable bonds is 7. The van der Waals surface area contributed by atoms with Gasteiger partial charge in [-0.3, -0.25) is 9.48 Å². The highest BCUT2D eigenvalue weighted by atomic mass is 35.5. The largest absolute Gasteiger partial charge is 0.493 e. The van der Waals surface area contributed by atoms with Crippen LogP contribution in [-0.4, -0.2) is 22.2 Å². The summed E-state index contributed by atoms with van der Waals surface area (Å²) in [6.45, 7) is 6.17. The summed E-state index contributed by atoms with van der Waals surface area (Å²) in [7, 11) is 0. The Morgan fingerprint density at radius 3 is 2.43 bits per heavy atom. The fourth-order valence-corrected chi connectivity index (χ4v) is 2.86. The molecule has 4 nitrogen and oxygen atoms in total. The molecule has 2 rings (SSSR count). The highest BCUT2D eigenvalue weighted by molar-refractivity contribution is 6.34. The van der Waals surface area contributed by atoms with Crippen molar-refractivity contribution in [1.29, 1.82) is 0 Å². The molecule has 0 amide bonds. The van der Waals surface area contributed by atoms with Crippen LogP contribution in [0.5, 0.6) is 5.75 Å². The molecule has 0 radical (unpaired) electrons. The van der Waals surface area contributed by atoms with Crippen LogP contribution in [0.25, 0.3) is 0 Å². The number of ketones is 1. The number of carbonyl (C=O) groups excluding carboxylic acids is 1. The van der Waals surface area contributed by atoms with E-state index in [9.17, 15) is 4.79 Å². The van der Waals surface area contributed by atoms with Crippen molar-refractivity contribution in [2.24, 2.45) is 0 Å². The van der Waals surface area contributed by atoms with E-state index in [1.165, 1.54) is 0 Å². The number of hydrogen-bond acceptors (Lipinski definition) is 3. The molecule has 0 aliphatic carbocycles. The van der Waals surface area contributed by atoms with Gasteiger partial charge in [0.05, 0.1) is 18.7 Å². The van der Waals surface area contributed by atoms with Gasteiger partial charge in [-0.25, -0.2) is 0 Å². The number of aromatic nitrogens is 2. The number of nitrogens with zero attached hydrogens (tertiary/aromatic N) is 2. The molecule has 0 bridgehead atoms. The quantitative estimate of drug-likeness (QED) is 0.733. The standard InChI is InChI=1S/C17H20Cl2N2O2/c1-11(2)21-16(10-15(20-21)6-12(3)22)4-5-23-17-8-13(18)7-14(19)9-17/h7-11H,4-6H2,1-3H3. The fraction of sp³-hybridized carbons (Fsp3) is 0.412. The molecule has 0 N–H and O–H groups in total. The minimum absolute atomic E-state index is 0.106. The first kappa shape index (κ1) is 17.8. The third-order valence-electron chi connectivity index (χ3n) is 3.25. The van der Waals surface area contributed by atoms with Gasteiger partial charge in [-0.15, -0.1) is 0 Å². The van der Waals surface area contributed by atoms with Gasteiger partial charge in [0, 0.05) is 28.2 Å². The normalized spacial score (nSPS) is 11.0. The Bertz CT molecular complexity index is 676. The number of benzene rings is 1. The van der Waals surface area contributed by atoms with E-state index in [-0.39, 0.29) is 11.8 Å². The van der Waals surface area contributed by atoms with Gasteiger partial charge in [0.15, 0.2) is 0 Å². The molecule has 124 valence electrons. The summed E-state index contributed by atoms with van der Waals surface area (Å²) < 4.78 is 7.66. The maximum Gasteiger partial charge on any atom is 0.135 e. The zero-order chi connectivity index (χ0) is 17.0. The van der Waals surface area contributed by atoms with Crippen molar-refractivity contribution in [2.75, 3.05) is 6.61 Å². The maximum absolute atomic E-state index is 11.3. The third kappa shape index (κ3) is 5.26. The zero-order valence-electron chi connectivity index (χ0n) is 13.5. The van der Waals surface area contributed by atoms with Crippen molar-refractivity contribution in [3.63, 3.8) is 0 Å². The number of hydrogen-bond donors (Lipinski definition) is 0. The Balaban J connectivity index is 2.04. The molecule has 6 heteroatoms. The van der Waals surface area contributed by atoms with Crippen LogP contribution < -0.4 is 4.74 Å². The van der Waals surface area contributed by atoms with Gasteiger partial charge in [0.1, 0.15) is 11.5 Å². The van der Waals surface area contributed by atoms with Gasteiger partial charge in [0.2, 0.25) is 0 Å². The number of halogens is 2. The SMILES string of the molecule is CC(=O)Cc1cc(CCOc2cc(Cl)cc(Cl)c2)n(C(C)C)n1. The Morgan fingerprint density at radius 1 is 1.22 bits per heavy atom. The molecule has 0 aliphatic heterocycles. The molecule has 0 fully saturated rings. The second-order valence-corrected chi connectivity index (χ2v) is 6.62. The minimum Gasteiger partial charge on any atom is -0.493 e. The lowest BCUT2D eigenvalue weighted by atomic mass is 10.2. The molecule has 0 spiro atoms. The predicted molar refractivity (Wildman–Crippen MR) is 92.7 cm³/mol. The van der Waals surface area contributed by atoms with E-state index in [1.807, 2.05) is 10.7 Å². The molecule has 0 saturated carbocycles. The Labute approximate surface area is 146 Å². The molecular formula is C17H20Cl2N2O2. The van der Waals surface area contributed by atoms with E-state index in [4.69, 9.17) is 27.9 Å². The van der Waals surface area contributed by atoms with Crippen LogP contribution in [-0.2, 0) is 17.6 Å². The number of Topliss-reactive ketones (excluding diaryl/α,β-unsaturated/α-hetero) is 1. The molecule has 1 aromatic heterocycles. The van der Waals surface area contributed by atoms with E-state index in [2.05, 4.69) is 18.9 Å². The van der Waals surface area contributed by atoms with E-state index >= 15 is 0 Å². The minimum atomic E-state index is 0.106. The van der Waals surface area contributed by atoms with Crippen molar-refractivity contribution in [1.82, 2.24) is 9.78 Å². The van der Waals surface area contributed by atoms with Gasteiger partial charge in [-0.2, -0.15) is 5.10 Å². The molecule has 0 saturated heterocycles. The summed E-state index contributed by atoms with van der Waals surface area (Å²) in [5.74, 6) is 0.747. The van der Waals surface area contributed by atoms with Gasteiger partial charge in [-0.1, -0.05) is 23.2 Å². The van der Waals surface area contributed by atoms with Crippen molar-refractivity contribution in [3.05, 3.63) is 45.7 Å². The van der Waals surface area contributed by atoms with Crippen LogP contribution >= 0.6 is 23.2 Å². The van der Waals surface area contributed by atoms with E-state index in [1.54, 1.807) is 25.1 Å². The summed E-state index contributed by atoms with van der Waals surface area (Å²) in [5.41, 5.74) is 1.84. The highest BCUT2D eigenvalue weighted by Crippen LogP contribution is 2.24. The smallest absolute Gasteiger partial charge is 0.135 e. The topological polar surface area (TPSA) is 44.1 Å². The first-order chi connectivity index (χ1) is 10.8. The van der Waals surface area contributed by atoms with Gasteiger partial charge < -0.3 is 4.74 Å². The molecular weight excluding hydrogens is 335 g/mol. The average Bonchev–Trinajstić information content (AvgIpc) is 2.79. The summed E-state index contributed by atoms with van der Waals surface area (Å²) in [5, 5.41) is 5.59. The first-order valence-corrected chi connectivity index (χ1v) is 8.26. The highest BCUT2D eigenvalue weighted by Gasteiger charge is 2.12. The summed E-state index contributed by atoms with van der Waals surface area (Å²) in [6, 6.07) is 7.32. The first-order valence-electron chi connectivity index (χ1n) is 7.51. The van der Waals surface area contributed by atoms with Crippen LogP contribution in [0.15, 0.2) is 24.3 Å². The van der Waals surface area contributed by atoms with Crippen molar-refractivity contribution < 1.29 is 9.53 Å². The Hall–Kier alpha value is -1.52. The number of carbonyl (C=O) groups is 1. The molecule has 23 heavy (non-hydrogen) atoms. The van der Waals surface area contributed by atoms with Crippen LogP contribution in [0.3, 0.4) is 0 Å². The Morgan fingerprint density at radius 2 is 1.87 bits per heavy atom. The molecule has 1 aromatic carbocycles. The third-order valence-corrected chi connectivity index (χ3v) is 3.68. The average molecular weight is 355 g/mol. The van der Waals surface area contributed by atoms with Gasteiger partial charge in [-0.05, 0) is 45.0 Å². The second kappa shape index (κ2) is 7.84. The summed E-state index contributed by atoms with van der Waals surface area (Å²) >= 11 is 11.9. The van der Waals surface area contributed by atoms with Crippen molar-refractivity contribution >= 4 is 29.0 Å². The summed E-state index contributed by atoms with van der Waals surface area (Å²) in [4.78, 5) is 11.3. The van der Waals surface area contributed by atoms with Crippen LogP contribution in [0.2, 0.25) is 10.0 Å². The molecule has 2 aromatic rings. The number of ether oxygens (including phenoxy) is 1.